The van der Waals surface area contributed by atoms with Crippen molar-refractivity contribution in [2.75, 3.05) is 11.4 Å². The molecular formula is C25H26N4O3. The van der Waals surface area contributed by atoms with Crippen molar-refractivity contribution in [3.8, 4) is 0 Å². The number of rotatable bonds is 6. The second-order valence-corrected chi connectivity index (χ2v) is 7.80. The Morgan fingerprint density at radius 1 is 0.969 bits per heavy atom. The number of hydrogen-bond acceptors (Lipinski definition) is 5. The van der Waals surface area contributed by atoms with E-state index >= 15 is 0 Å². The van der Waals surface area contributed by atoms with Crippen LogP contribution >= 0.6 is 0 Å². The maximum absolute atomic E-state index is 13.4. The second kappa shape index (κ2) is 9.74. The number of aryl methyl sites for hydroxylation is 1. The number of fused-ring (bicyclic) bond motifs is 1. The summed E-state index contributed by atoms with van der Waals surface area (Å²) in [7, 11) is 0. The smallest absolute Gasteiger partial charge is 0.258 e. The standard InChI is InChI=1S/C25H26N4O3/c26-23(28-32)18-10-12-19(13-11-18)24(30)27-16-21-15-14-17-6-4-5-9-22(17)29(21)25(31)20-7-2-1-3-8-20/h1-13,21,23,28,32H,14-16,26H2,(H,27,30). The number of nitrogens with two attached hydrogens (primary N) is 1. The number of amides is 2. The van der Waals surface area contributed by atoms with Crippen LogP contribution in [0.2, 0.25) is 0 Å². The summed E-state index contributed by atoms with van der Waals surface area (Å²) < 4.78 is 0. The minimum Gasteiger partial charge on any atom is -0.350 e. The summed E-state index contributed by atoms with van der Waals surface area (Å²) >= 11 is 0. The molecule has 1 aliphatic rings. The SMILES string of the molecule is NC(NO)c1ccc(C(=O)NCC2CCc3ccccc3N2C(=O)c2ccccc2)cc1. The van der Waals surface area contributed by atoms with E-state index in [1.807, 2.05) is 65.0 Å². The fourth-order valence-corrected chi connectivity index (χ4v) is 4.02. The Labute approximate surface area is 186 Å². The number of carbonyl (C=O) groups is 2. The minimum absolute atomic E-state index is 0.0770. The molecule has 0 fully saturated rings. The van der Waals surface area contributed by atoms with Gasteiger partial charge in [-0.15, -0.1) is 0 Å². The first-order chi connectivity index (χ1) is 15.6. The molecule has 0 radical (unpaired) electrons. The molecule has 0 saturated heterocycles. The molecule has 0 saturated carbocycles. The number of nitrogens with zero attached hydrogens (tertiary/aromatic N) is 1. The third kappa shape index (κ3) is 4.55. The third-order valence-electron chi connectivity index (χ3n) is 5.77. The van der Waals surface area contributed by atoms with Gasteiger partial charge < -0.3 is 21.2 Å². The summed E-state index contributed by atoms with van der Waals surface area (Å²) in [5, 5.41) is 11.9. The Bertz CT molecular complexity index is 1090. The van der Waals surface area contributed by atoms with Crippen LogP contribution in [0.15, 0.2) is 78.9 Å². The number of anilines is 1. The summed E-state index contributed by atoms with van der Waals surface area (Å²) in [5.74, 6) is -0.306. The van der Waals surface area contributed by atoms with Crippen molar-refractivity contribution in [2.24, 2.45) is 5.73 Å². The molecule has 2 amide bonds. The van der Waals surface area contributed by atoms with Gasteiger partial charge in [-0.05, 0) is 54.3 Å². The largest absolute Gasteiger partial charge is 0.350 e. The number of nitrogens with one attached hydrogen (secondary N) is 2. The molecule has 2 atom stereocenters. The van der Waals surface area contributed by atoms with Gasteiger partial charge in [0.1, 0.15) is 6.17 Å². The number of hydroxylamine groups is 1. The molecular weight excluding hydrogens is 404 g/mol. The van der Waals surface area contributed by atoms with E-state index in [9.17, 15) is 9.59 Å². The first-order valence-electron chi connectivity index (χ1n) is 10.6. The Balaban J connectivity index is 1.51. The Hall–Kier alpha value is -3.52. The molecule has 3 aromatic carbocycles. The van der Waals surface area contributed by atoms with E-state index in [2.05, 4.69) is 5.32 Å². The van der Waals surface area contributed by atoms with E-state index in [4.69, 9.17) is 10.9 Å². The lowest BCUT2D eigenvalue weighted by Gasteiger charge is -2.37. The fraction of sp³-hybridized carbons (Fsp3) is 0.200. The highest BCUT2D eigenvalue weighted by Gasteiger charge is 2.31. The lowest BCUT2D eigenvalue weighted by atomic mass is 9.94. The highest BCUT2D eigenvalue weighted by molar-refractivity contribution is 6.07. The molecule has 164 valence electrons. The van der Waals surface area contributed by atoms with Gasteiger partial charge in [0.2, 0.25) is 0 Å². The van der Waals surface area contributed by atoms with Crippen LogP contribution in [0.1, 0.15) is 44.4 Å². The van der Waals surface area contributed by atoms with Crippen LogP contribution in [0, 0.1) is 0 Å². The van der Waals surface area contributed by atoms with Crippen LogP contribution in [0.5, 0.6) is 0 Å². The maximum atomic E-state index is 13.4. The molecule has 0 aromatic heterocycles. The van der Waals surface area contributed by atoms with Gasteiger partial charge in [0.05, 0.1) is 6.04 Å². The molecule has 4 rings (SSSR count). The molecule has 7 nitrogen and oxygen atoms in total. The first-order valence-corrected chi connectivity index (χ1v) is 10.6. The second-order valence-electron chi connectivity index (χ2n) is 7.80. The average molecular weight is 431 g/mol. The molecule has 5 N–H and O–H groups in total. The molecule has 0 bridgehead atoms. The predicted octanol–water partition coefficient (Wildman–Crippen LogP) is 3.01. The van der Waals surface area contributed by atoms with Crippen molar-refractivity contribution in [3.05, 3.63) is 101 Å². The van der Waals surface area contributed by atoms with E-state index in [1.54, 1.807) is 24.3 Å². The molecule has 32 heavy (non-hydrogen) atoms. The highest BCUT2D eigenvalue weighted by Crippen LogP contribution is 2.31. The lowest BCUT2D eigenvalue weighted by molar-refractivity contribution is 0.0930. The summed E-state index contributed by atoms with van der Waals surface area (Å²) in [6, 6.07) is 23.6. The van der Waals surface area contributed by atoms with Crippen molar-refractivity contribution in [1.82, 2.24) is 10.8 Å². The van der Waals surface area contributed by atoms with Gasteiger partial charge in [-0.2, -0.15) is 5.48 Å². The fourth-order valence-electron chi connectivity index (χ4n) is 4.02. The molecule has 0 spiro atoms. The van der Waals surface area contributed by atoms with Gasteiger partial charge >= 0.3 is 0 Å². The third-order valence-corrected chi connectivity index (χ3v) is 5.77. The van der Waals surface area contributed by atoms with Gasteiger partial charge in [0, 0.05) is 23.4 Å². The first kappa shape index (κ1) is 21.7. The summed E-state index contributed by atoms with van der Waals surface area (Å²) in [6.07, 6.45) is 0.883. The van der Waals surface area contributed by atoms with Crippen molar-refractivity contribution < 1.29 is 14.8 Å². The minimum atomic E-state index is -0.716. The Morgan fingerprint density at radius 2 is 1.66 bits per heavy atom. The van der Waals surface area contributed by atoms with Crippen molar-refractivity contribution in [1.29, 1.82) is 0 Å². The van der Waals surface area contributed by atoms with Gasteiger partial charge in [-0.25, -0.2) is 0 Å². The van der Waals surface area contributed by atoms with Crippen molar-refractivity contribution in [3.63, 3.8) is 0 Å². The molecule has 0 aliphatic carbocycles. The number of para-hydroxylation sites is 1. The predicted molar refractivity (Wildman–Crippen MR) is 122 cm³/mol. The highest BCUT2D eigenvalue weighted by atomic mass is 16.5. The van der Waals surface area contributed by atoms with Gasteiger partial charge in [-0.1, -0.05) is 48.5 Å². The Kier molecular flexibility index (Phi) is 6.61. The summed E-state index contributed by atoms with van der Waals surface area (Å²) in [5.41, 5.74) is 11.5. The van der Waals surface area contributed by atoms with E-state index in [1.165, 1.54) is 0 Å². The number of hydrogen-bond donors (Lipinski definition) is 4. The average Bonchev–Trinajstić information content (AvgIpc) is 2.86. The quantitative estimate of drug-likeness (QED) is 0.355. The van der Waals surface area contributed by atoms with Crippen LogP contribution in [-0.2, 0) is 6.42 Å². The van der Waals surface area contributed by atoms with Crippen molar-refractivity contribution >= 4 is 17.5 Å². The maximum Gasteiger partial charge on any atom is 0.258 e. The van der Waals surface area contributed by atoms with E-state index < -0.39 is 6.17 Å². The number of carbonyl (C=O) groups excluding carboxylic acids is 2. The van der Waals surface area contributed by atoms with Crippen LogP contribution in [0.4, 0.5) is 5.69 Å². The van der Waals surface area contributed by atoms with Crippen LogP contribution < -0.4 is 21.4 Å². The molecule has 3 aromatic rings. The number of benzene rings is 3. The van der Waals surface area contributed by atoms with Gasteiger partial charge in [-0.3, -0.25) is 9.59 Å². The zero-order chi connectivity index (χ0) is 22.5. The zero-order valence-corrected chi connectivity index (χ0v) is 17.6. The summed E-state index contributed by atoms with van der Waals surface area (Å²) in [4.78, 5) is 27.9. The van der Waals surface area contributed by atoms with E-state index in [0.29, 0.717) is 23.2 Å². The molecule has 1 aliphatic heterocycles. The molecule has 7 heteroatoms. The monoisotopic (exact) mass is 430 g/mol. The molecule has 1 heterocycles. The van der Waals surface area contributed by atoms with Crippen molar-refractivity contribution in [2.45, 2.75) is 25.0 Å². The van der Waals surface area contributed by atoms with Crippen LogP contribution in [0.25, 0.3) is 0 Å². The van der Waals surface area contributed by atoms with Crippen LogP contribution in [0.3, 0.4) is 0 Å². The van der Waals surface area contributed by atoms with Gasteiger partial charge in [0.25, 0.3) is 11.8 Å². The Morgan fingerprint density at radius 3 is 2.38 bits per heavy atom. The molecule has 2 unspecified atom stereocenters. The lowest BCUT2D eigenvalue weighted by Crippen LogP contribution is -2.49. The zero-order valence-electron chi connectivity index (χ0n) is 17.6. The summed E-state index contributed by atoms with van der Waals surface area (Å²) in [6.45, 7) is 0.338. The van der Waals surface area contributed by atoms with E-state index in [0.717, 1.165) is 24.1 Å². The normalized spacial score (nSPS) is 16.2. The topological polar surface area (TPSA) is 108 Å². The van der Waals surface area contributed by atoms with Crippen LogP contribution in [-0.4, -0.2) is 29.6 Å². The van der Waals surface area contributed by atoms with E-state index in [-0.39, 0.29) is 17.9 Å². The van der Waals surface area contributed by atoms with Gasteiger partial charge in [0.15, 0.2) is 0 Å².